The van der Waals surface area contributed by atoms with Crippen molar-refractivity contribution >= 4 is 5.97 Å². The monoisotopic (exact) mass is 266 g/mol. The molecule has 1 spiro atoms. The van der Waals surface area contributed by atoms with Crippen molar-refractivity contribution in [2.75, 3.05) is 20.3 Å². The Balaban J connectivity index is 2.06. The molecule has 2 fully saturated rings. The fourth-order valence-corrected chi connectivity index (χ4v) is 3.92. The number of ether oxygens (including phenoxy) is 3. The Bertz CT molecular complexity index is 431. The molecule has 1 aliphatic heterocycles. The van der Waals surface area contributed by atoms with Gasteiger partial charge in [-0.1, -0.05) is 13.8 Å². The molecule has 0 N–H and O–H groups in total. The van der Waals surface area contributed by atoms with E-state index in [9.17, 15) is 4.79 Å². The Morgan fingerprint density at radius 2 is 1.79 bits per heavy atom. The van der Waals surface area contributed by atoms with Crippen LogP contribution in [-0.4, -0.2) is 32.1 Å². The van der Waals surface area contributed by atoms with Crippen molar-refractivity contribution in [2.24, 2.45) is 10.8 Å². The molecular formula is C15H22O4. The number of carbonyl (C=O) groups excluding carboxylic acids is 1. The summed E-state index contributed by atoms with van der Waals surface area (Å²) < 4.78 is 16.7. The molecule has 1 unspecified atom stereocenters. The number of hydrogen-bond acceptors (Lipinski definition) is 4. The molecular weight excluding hydrogens is 244 g/mol. The molecule has 1 atom stereocenters. The summed E-state index contributed by atoms with van der Waals surface area (Å²) in [5.41, 5.74) is 0.718. The largest absolute Gasteiger partial charge is 0.468 e. The summed E-state index contributed by atoms with van der Waals surface area (Å²) in [4.78, 5) is 12.3. The molecule has 4 nitrogen and oxygen atoms in total. The van der Waals surface area contributed by atoms with E-state index in [1.54, 1.807) is 0 Å². The van der Waals surface area contributed by atoms with E-state index in [4.69, 9.17) is 14.2 Å². The van der Waals surface area contributed by atoms with E-state index < -0.39 is 11.2 Å². The van der Waals surface area contributed by atoms with Gasteiger partial charge in [-0.15, -0.1) is 0 Å². The van der Waals surface area contributed by atoms with E-state index in [-0.39, 0.29) is 11.4 Å². The molecule has 1 heterocycles. The molecule has 0 aromatic carbocycles. The first kappa shape index (κ1) is 13.1. The lowest BCUT2D eigenvalue weighted by Gasteiger charge is -2.41. The van der Waals surface area contributed by atoms with Gasteiger partial charge in [-0.3, -0.25) is 4.79 Å². The van der Waals surface area contributed by atoms with Gasteiger partial charge in [-0.05, 0) is 36.3 Å². The van der Waals surface area contributed by atoms with Crippen molar-refractivity contribution in [1.82, 2.24) is 0 Å². The predicted octanol–water partition coefficient (Wildman–Crippen LogP) is 2.43. The van der Waals surface area contributed by atoms with Gasteiger partial charge < -0.3 is 14.2 Å². The third kappa shape index (κ3) is 1.77. The number of carbonyl (C=O) groups is 1. The normalized spacial score (nSPS) is 35.0. The van der Waals surface area contributed by atoms with E-state index >= 15 is 0 Å². The first-order chi connectivity index (χ1) is 8.94. The molecule has 0 aromatic rings. The topological polar surface area (TPSA) is 44.8 Å². The Morgan fingerprint density at radius 3 is 2.42 bits per heavy atom. The number of fused-ring (bicyclic) bond motifs is 1. The Morgan fingerprint density at radius 1 is 1.16 bits per heavy atom. The molecule has 1 saturated heterocycles. The second-order valence-corrected chi connectivity index (χ2v) is 6.52. The van der Waals surface area contributed by atoms with Gasteiger partial charge in [0.1, 0.15) is 0 Å². The van der Waals surface area contributed by atoms with Crippen LogP contribution in [0.3, 0.4) is 0 Å². The van der Waals surface area contributed by atoms with Gasteiger partial charge in [-0.2, -0.15) is 0 Å². The Labute approximate surface area is 114 Å². The third-order valence-corrected chi connectivity index (χ3v) is 5.04. The Kier molecular flexibility index (Phi) is 2.81. The average molecular weight is 266 g/mol. The van der Waals surface area contributed by atoms with Gasteiger partial charge in [-0.25, -0.2) is 0 Å². The van der Waals surface area contributed by atoms with Gasteiger partial charge in [0.05, 0.1) is 25.7 Å². The summed E-state index contributed by atoms with van der Waals surface area (Å²) in [6, 6.07) is 0. The molecule has 3 rings (SSSR count). The van der Waals surface area contributed by atoms with Gasteiger partial charge >= 0.3 is 5.97 Å². The van der Waals surface area contributed by atoms with Crippen LogP contribution in [0.1, 0.15) is 39.5 Å². The summed E-state index contributed by atoms with van der Waals surface area (Å²) >= 11 is 0. The van der Waals surface area contributed by atoms with E-state index in [0.29, 0.717) is 13.2 Å². The average Bonchev–Trinajstić information content (AvgIpc) is 2.95. The fourth-order valence-electron chi connectivity index (χ4n) is 3.92. The molecule has 106 valence electrons. The lowest BCUT2D eigenvalue weighted by molar-refractivity contribution is -0.159. The summed E-state index contributed by atoms with van der Waals surface area (Å²) in [6.45, 7) is 5.65. The van der Waals surface area contributed by atoms with Gasteiger partial charge in [0.25, 0.3) is 0 Å². The zero-order valence-electron chi connectivity index (χ0n) is 12.0. The van der Waals surface area contributed by atoms with Crippen molar-refractivity contribution in [1.29, 1.82) is 0 Å². The minimum absolute atomic E-state index is 0.0108. The molecule has 4 heteroatoms. The smallest absolute Gasteiger partial charge is 0.315 e. The maximum atomic E-state index is 12.3. The zero-order valence-corrected chi connectivity index (χ0v) is 12.0. The first-order valence-electron chi connectivity index (χ1n) is 7.04. The molecule has 0 amide bonds. The second kappa shape index (κ2) is 4.06. The van der Waals surface area contributed by atoms with Crippen molar-refractivity contribution in [3.63, 3.8) is 0 Å². The van der Waals surface area contributed by atoms with Crippen LogP contribution in [0.2, 0.25) is 0 Å². The van der Waals surface area contributed by atoms with Crippen LogP contribution in [0.5, 0.6) is 0 Å². The number of methoxy groups -OCH3 is 1. The van der Waals surface area contributed by atoms with E-state index in [1.807, 2.05) is 0 Å². The Hall–Kier alpha value is -0.870. The van der Waals surface area contributed by atoms with Crippen LogP contribution < -0.4 is 0 Å². The summed E-state index contributed by atoms with van der Waals surface area (Å²) in [6.07, 6.45) is 5.45. The highest BCUT2D eigenvalue weighted by atomic mass is 16.7. The number of esters is 1. The standard InChI is InChI=1S/C15H22O4/c1-13(2)4-5-14(12(16)17-3)6-7-15(10-11(13)14)18-8-9-19-15/h10H,4-9H2,1-3H3. The van der Waals surface area contributed by atoms with Crippen LogP contribution >= 0.6 is 0 Å². The number of hydrogen-bond donors (Lipinski definition) is 0. The minimum Gasteiger partial charge on any atom is -0.468 e. The van der Waals surface area contributed by atoms with Crippen LogP contribution in [0.25, 0.3) is 0 Å². The molecule has 0 bridgehead atoms. The molecule has 1 saturated carbocycles. The van der Waals surface area contributed by atoms with Crippen LogP contribution in [0.15, 0.2) is 11.6 Å². The van der Waals surface area contributed by atoms with E-state index in [1.165, 1.54) is 7.11 Å². The summed E-state index contributed by atoms with van der Waals surface area (Å²) in [7, 11) is 1.48. The molecule has 3 aliphatic rings. The molecule has 0 radical (unpaired) electrons. The second-order valence-electron chi connectivity index (χ2n) is 6.52. The lowest BCUT2D eigenvalue weighted by atomic mass is 9.68. The lowest BCUT2D eigenvalue weighted by Crippen LogP contribution is -2.43. The molecule has 0 aromatic heterocycles. The zero-order chi connectivity index (χ0) is 13.7. The van der Waals surface area contributed by atoms with E-state index in [2.05, 4.69) is 19.9 Å². The molecule has 19 heavy (non-hydrogen) atoms. The first-order valence-corrected chi connectivity index (χ1v) is 7.04. The van der Waals surface area contributed by atoms with E-state index in [0.717, 1.165) is 31.3 Å². The maximum Gasteiger partial charge on any atom is 0.315 e. The van der Waals surface area contributed by atoms with Crippen molar-refractivity contribution < 1.29 is 19.0 Å². The molecule has 2 aliphatic carbocycles. The highest BCUT2D eigenvalue weighted by Gasteiger charge is 2.58. The van der Waals surface area contributed by atoms with Crippen molar-refractivity contribution in [2.45, 2.75) is 45.3 Å². The van der Waals surface area contributed by atoms with Gasteiger partial charge in [0.15, 0.2) is 5.79 Å². The summed E-state index contributed by atoms with van der Waals surface area (Å²) in [5.74, 6) is -0.689. The number of rotatable bonds is 1. The van der Waals surface area contributed by atoms with Gasteiger partial charge in [0, 0.05) is 6.42 Å². The minimum atomic E-state index is -0.589. The SMILES string of the molecule is COC(=O)C12CCC3(C=C1C(C)(C)CC2)OCCO3. The van der Waals surface area contributed by atoms with Crippen molar-refractivity contribution in [3.8, 4) is 0 Å². The van der Waals surface area contributed by atoms with Crippen LogP contribution in [0, 0.1) is 10.8 Å². The highest BCUT2D eigenvalue weighted by molar-refractivity contribution is 5.82. The maximum absolute atomic E-state index is 12.3. The van der Waals surface area contributed by atoms with Gasteiger partial charge in [0.2, 0.25) is 0 Å². The van der Waals surface area contributed by atoms with Crippen LogP contribution in [0.4, 0.5) is 0 Å². The fraction of sp³-hybridized carbons (Fsp3) is 0.800. The quantitative estimate of drug-likeness (QED) is 0.540. The highest BCUT2D eigenvalue weighted by Crippen LogP contribution is 2.60. The predicted molar refractivity (Wildman–Crippen MR) is 69.4 cm³/mol. The summed E-state index contributed by atoms with van der Waals surface area (Å²) in [5, 5.41) is 0. The van der Waals surface area contributed by atoms with Crippen LogP contribution in [-0.2, 0) is 19.0 Å². The van der Waals surface area contributed by atoms with Crippen molar-refractivity contribution in [3.05, 3.63) is 11.6 Å². The third-order valence-electron chi connectivity index (χ3n) is 5.04.